The Morgan fingerprint density at radius 3 is 2.38 bits per heavy atom. The first kappa shape index (κ1) is 15.6. The Bertz CT molecular complexity index is 743. The molecule has 8 heteroatoms. The fourth-order valence-electron chi connectivity index (χ4n) is 1.58. The summed E-state index contributed by atoms with van der Waals surface area (Å²) < 4.78 is 23.0. The number of pyridine rings is 1. The Labute approximate surface area is 130 Å². The lowest BCUT2D eigenvalue weighted by Gasteiger charge is -2.06. The number of primary sulfonamides is 1. The number of hydrogen-bond acceptors (Lipinski definition) is 4. The zero-order valence-electron chi connectivity index (χ0n) is 10.8. The summed E-state index contributed by atoms with van der Waals surface area (Å²) in [5, 5.41) is 7.70. The zero-order chi connectivity index (χ0) is 15.5. The molecule has 0 atom stereocenters. The van der Waals surface area contributed by atoms with E-state index >= 15 is 0 Å². The third kappa shape index (κ3) is 4.35. The monoisotopic (exact) mass is 369 g/mol. The van der Waals surface area contributed by atoms with Crippen molar-refractivity contribution in [2.24, 2.45) is 5.14 Å². The molecule has 0 unspecified atom stereocenters. The van der Waals surface area contributed by atoms with Crippen LogP contribution >= 0.6 is 15.9 Å². The number of sulfonamides is 1. The minimum atomic E-state index is -3.70. The van der Waals surface area contributed by atoms with Crippen LogP contribution in [-0.2, 0) is 16.6 Å². The van der Waals surface area contributed by atoms with Crippen molar-refractivity contribution in [2.75, 3.05) is 0 Å². The summed E-state index contributed by atoms with van der Waals surface area (Å²) in [6.07, 6.45) is 1.54. The Kier molecular flexibility index (Phi) is 4.71. The van der Waals surface area contributed by atoms with Gasteiger partial charge in [-0.05, 0) is 45.8 Å². The predicted molar refractivity (Wildman–Crippen MR) is 80.9 cm³/mol. The molecule has 0 radical (unpaired) electrons. The number of benzene rings is 1. The van der Waals surface area contributed by atoms with Gasteiger partial charge in [-0.1, -0.05) is 12.1 Å². The summed E-state index contributed by atoms with van der Waals surface area (Å²) in [5.41, 5.74) is 1.06. The summed E-state index contributed by atoms with van der Waals surface area (Å²) in [4.78, 5) is 15.9. The first-order valence-corrected chi connectivity index (χ1v) is 8.22. The van der Waals surface area contributed by atoms with Gasteiger partial charge in [-0.25, -0.2) is 18.5 Å². The van der Waals surface area contributed by atoms with Crippen LogP contribution < -0.4 is 10.5 Å². The average Bonchev–Trinajstić information content (AvgIpc) is 2.45. The molecule has 0 saturated carbocycles. The van der Waals surface area contributed by atoms with Crippen molar-refractivity contribution in [3.05, 3.63) is 58.3 Å². The molecule has 6 nitrogen and oxygen atoms in total. The van der Waals surface area contributed by atoms with Gasteiger partial charge in [-0.3, -0.25) is 4.79 Å². The number of carbonyl (C=O) groups is 1. The van der Waals surface area contributed by atoms with Crippen molar-refractivity contribution in [1.29, 1.82) is 0 Å². The molecule has 0 aliphatic carbocycles. The number of nitrogens with one attached hydrogen (secondary N) is 1. The Hall–Kier alpha value is -1.77. The van der Waals surface area contributed by atoms with Crippen LogP contribution in [0.2, 0.25) is 0 Å². The second-order valence-corrected chi connectivity index (χ2v) is 6.71. The van der Waals surface area contributed by atoms with Crippen LogP contribution in [0.5, 0.6) is 0 Å². The van der Waals surface area contributed by atoms with Gasteiger partial charge in [0.1, 0.15) is 5.69 Å². The van der Waals surface area contributed by atoms with Gasteiger partial charge < -0.3 is 5.32 Å². The van der Waals surface area contributed by atoms with Gasteiger partial charge in [0.05, 0.1) is 4.90 Å². The zero-order valence-corrected chi connectivity index (χ0v) is 13.2. The molecule has 1 amide bonds. The fraction of sp³-hybridized carbons (Fsp3) is 0.0769. The van der Waals surface area contributed by atoms with E-state index in [1.165, 1.54) is 18.3 Å². The highest BCUT2D eigenvalue weighted by atomic mass is 79.9. The summed E-state index contributed by atoms with van der Waals surface area (Å²) in [7, 11) is -3.70. The molecule has 0 bridgehead atoms. The molecule has 2 aromatic rings. The Morgan fingerprint density at radius 1 is 1.19 bits per heavy atom. The maximum absolute atomic E-state index is 11.9. The van der Waals surface area contributed by atoms with Gasteiger partial charge >= 0.3 is 0 Å². The van der Waals surface area contributed by atoms with E-state index < -0.39 is 10.0 Å². The summed E-state index contributed by atoms with van der Waals surface area (Å²) in [6, 6.07) is 9.31. The first-order chi connectivity index (χ1) is 9.86. The Morgan fingerprint density at radius 2 is 1.86 bits per heavy atom. The predicted octanol–water partition coefficient (Wildman–Crippen LogP) is 1.42. The normalized spacial score (nSPS) is 11.1. The summed E-state index contributed by atoms with van der Waals surface area (Å²) in [6.45, 7) is 0.265. The first-order valence-electron chi connectivity index (χ1n) is 5.88. The van der Waals surface area contributed by atoms with E-state index in [1.54, 1.807) is 24.3 Å². The molecule has 110 valence electrons. The molecular weight excluding hydrogens is 358 g/mol. The van der Waals surface area contributed by atoms with Crippen molar-refractivity contribution < 1.29 is 13.2 Å². The SMILES string of the molecule is NS(=O)(=O)c1ccc(CNC(=O)c2ccc(Br)cn2)cc1. The largest absolute Gasteiger partial charge is 0.347 e. The second kappa shape index (κ2) is 6.33. The third-order valence-electron chi connectivity index (χ3n) is 2.66. The van der Waals surface area contributed by atoms with Gasteiger partial charge in [0, 0.05) is 17.2 Å². The van der Waals surface area contributed by atoms with Crippen molar-refractivity contribution >= 4 is 31.9 Å². The van der Waals surface area contributed by atoms with Crippen LogP contribution in [0, 0.1) is 0 Å². The van der Waals surface area contributed by atoms with E-state index in [4.69, 9.17) is 5.14 Å². The number of halogens is 1. The molecule has 1 aromatic carbocycles. The van der Waals surface area contributed by atoms with E-state index in [9.17, 15) is 13.2 Å². The third-order valence-corrected chi connectivity index (χ3v) is 4.06. The number of amides is 1. The number of carbonyl (C=O) groups excluding carboxylic acids is 1. The van der Waals surface area contributed by atoms with E-state index in [1.807, 2.05) is 0 Å². The second-order valence-electron chi connectivity index (χ2n) is 4.23. The highest BCUT2D eigenvalue weighted by Crippen LogP contribution is 2.09. The lowest BCUT2D eigenvalue weighted by atomic mass is 10.2. The fourth-order valence-corrected chi connectivity index (χ4v) is 2.33. The van der Waals surface area contributed by atoms with Crippen molar-refractivity contribution in [3.63, 3.8) is 0 Å². The number of rotatable bonds is 4. The molecule has 2 rings (SSSR count). The highest BCUT2D eigenvalue weighted by molar-refractivity contribution is 9.10. The minimum absolute atomic E-state index is 0.0344. The van der Waals surface area contributed by atoms with Crippen LogP contribution in [-0.4, -0.2) is 19.3 Å². The standard InChI is InChI=1S/C13H12BrN3O3S/c14-10-3-6-12(16-8-10)13(18)17-7-9-1-4-11(5-2-9)21(15,19)20/h1-6,8H,7H2,(H,17,18)(H2,15,19,20). The molecule has 1 aromatic heterocycles. The Balaban J connectivity index is 2.00. The number of aromatic nitrogens is 1. The number of nitrogens with zero attached hydrogens (tertiary/aromatic N) is 1. The molecule has 21 heavy (non-hydrogen) atoms. The van der Waals surface area contributed by atoms with Crippen LogP contribution in [0.4, 0.5) is 0 Å². The smallest absolute Gasteiger partial charge is 0.270 e. The molecule has 1 heterocycles. The average molecular weight is 370 g/mol. The van der Waals surface area contributed by atoms with Gasteiger partial charge in [0.15, 0.2) is 0 Å². The van der Waals surface area contributed by atoms with Gasteiger partial charge in [0.2, 0.25) is 10.0 Å². The topological polar surface area (TPSA) is 102 Å². The van der Waals surface area contributed by atoms with Crippen molar-refractivity contribution in [1.82, 2.24) is 10.3 Å². The molecule has 0 saturated heterocycles. The molecule has 0 aliphatic heterocycles. The van der Waals surface area contributed by atoms with Gasteiger partial charge in [-0.15, -0.1) is 0 Å². The van der Waals surface area contributed by atoms with Gasteiger partial charge in [-0.2, -0.15) is 0 Å². The highest BCUT2D eigenvalue weighted by Gasteiger charge is 2.08. The lowest BCUT2D eigenvalue weighted by Crippen LogP contribution is -2.23. The van der Waals surface area contributed by atoms with E-state index in [-0.39, 0.29) is 17.3 Å². The summed E-state index contributed by atoms with van der Waals surface area (Å²) >= 11 is 3.24. The molecule has 0 spiro atoms. The van der Waals surface area contributed by atoms with E-state index in [2.05, 4.69) is 26.2 Å². The van der Waals surface area contributed by atoms with Crippen molar-refractivity contribution in [2.45, 2.75) is 11.4 Å². The molecule has 0 fully saturated rings. The van der Waals surface area contributed by atoms with E-state index in [0.717, 1.165) is 10.0 Å². The minimum Gasteiger partial charge on any atom is -0.347 e. The maximum Gasteiger partial charge on any atom is 0.270 e. The summed E-state index contributed by atoms with van der Waals surface area (Å²) in [5.74, 6) is -0.307. The van der Waals surface area contributed by atoms with Crippen LogP contribution in [0.15, 0.2) is 52.0 Å². The maximum atomic E-state index is 11.9. The van der Waals surface area contributed by atoms with Crippen molar-refractivity contribution in [3.8, 4) is 0 Å². The van der Waals surface area contributed by atoms with Crippen LogP contribution in [0.3, 0.4) is 0 Å². The lowest BCUT2D eigenvalue weighted by molar-refractivity contribution is 0.0946. The molecular formula is C13H12BrN3O3S. The quantitative estimate of drug-likeness (QED) is 0.850. The van der Waals surface area contributed by atoms with Crippen LogP contribution in [0.1, 0.15) is 16.1 Å². The van der Waals surface area contributed by atoms with Gasteiger partial charge in [0.25, 0.3) is 5.91 Å². The number of nitrogens with two attached hydrogens (primary N) is 1. The molecule has 0 aliphatic rings. The van der Waals surface area contributed by atoms with Crippen LogP contribution in [0.25, 0.3) is 0 Å². The number of hydrogen-bond donors (Lipinski definition) is 2. The van der Waals surface area contributed by atoms with E-state index in [0.29, 0.717) is 5.69 Å². The molecule has 3 N–H and O–H groups in total.